The van der Waals surface area contributed by atoms with Crippen molar-refractivity contribution >= 4 is 11.7 Å². The van der Waals surface area contributed by atoms with Crippen LogP contribution >= 0.6 is 0 Å². The number of hydrogen-bond acceptors (Lipinski definition) is 4. The lowest BCUT2D eigenvalue weighted by molar-refractivity contribution is -0.121. The van der Waals surface area contributed by atoms with Gasteiger partial charge in [-0.15, -0.1) is 0 Å². The highest BCUT2D eigenvalue weighted by molar-refractivity contribution is 5.98. The highest BCUT2D eigenvalue weighted by Crippen LogP contribution is 2.68. The number of carbonyl (C=O) groups excluding carboxylic acids is 2. The van der Waals surface area contributed by atoms with Gasteiger partial charge in [-0.25, -0.2) is 4.79 Å². The maximum absolute atomic E-state index is 12.5. The van der Waals surface area contributed by atoms with E-state index in [4.69, 9.17) is 4.42 Å². The van der Waals surface area contributed by atoms with Crippen molar-refractivity contribution in [3.63, 3.8) is 0 Å². The van der Waals surface area contributed by atoms with Crippen LogP contribution in [0.4, 0.5) is 0 Å². The molecule has 0 aromatic carbocycles. The van der Waals surface area contributed by atoms with E-state index < -0.39 is 5.63 Å². The lowest BCUT2D eigenvalue weighted by Crippen LogP contribution is -2.32. The van der Waals surface area contributed by atoms with E-state index >= 15 is 0 Å². The van der Waals surface area contributed by atoms with Crippen molar-refractivity contribution in [1.29, 1.82) is 0 Å². The first kappa shape index (κ1) is 15.7. The van der Waals surface area contributed by atoms with Crippen molar-refractivity contribution in [2.45, 2.75) is 34.1 Å². The zero-order valence-corrected chi connectivity index (χ0v) is 13.9. The van der Waals surface area contributed by atoms with Crippen LogP contribution in [-0.4, -0.2) is 11.7 Å². The minimum atomic E-state index is -0.482. The zero-order valence-electron chi connectivity index (χ0n) is 13.9. The van der Waals surface area contributed by atoms with E-state index in [0.717, 1.165) is 0 Å². The molecule has 1 aromatic heterocycles. The van der Waals surface area contributed by atoms with Crippen LogP contribution in [0.25, 0.3) is 0 Å². The Morgan fingerprint density at radius 3 is 2.57 bits per heavy atom. The average molecular weight is 315 g/mol. The van der Waals surface area contributed by atoms with E-state index in [1.54, 1.807) is 13.8 Å². The molecule has 0 saturated heterocycles. The van der Waals surface area contributed by atoms with Gasteiger partial charge < -0.3 is 9.73 Å². The normalized spacial score (nSPS) is 27.5. The van der Waals surface area contributed by atoms with E-state index in [0.29, 0.717) is 29.2 Å². The molecule has 2 aliphatic rings. The van der Waals surface area contributed by atoms with Gasteiger partial charge in [-0.3, -0.25) is 9.59 Å². The third kappa shape index (κ3) is 2.35. The summed E-state index contributed by atoms with van der Waals surface area (Å²) in [6.45, 7) is 11.5. The molecule has 0 aliphatic heterocycles. The molecule has 2 fully saturated rings. The second-order valence-electron chi connectivity index (χ2n) is 7.26. The van der Waals surface area contributed by atoms with Crippen molar-refractivity contribution in [3.8, 4) is 0 Å². The van der Waals surface area contributed by atoms with Crippen LogP contribution in [0.5, 0.6) is 0 Å². The van der Waals surface area contributed by atoms with Gasteiger partial charge in [0.1, 0.15) is 11.5 Å². The van der Waals surface area contributed by atoms with Crippen LogP contribution < -0.4 is 10.9 Å². The predicted molar refractivity (Wildman–Crippen MR) is 84.9 cm³/mol. The fourth-order valence-electron chi connectivity index (χ4n) is 4.18. The molecule has 2 aliphatic carbocycles. The second kappa shape index (κ2) is 4.91. The lowest BCUT2D eigenvalue weighted by Gasteiger charge is -2.20. The fourth-order valence-corrected chi connectivity index (χ4v) is 4.18. The molecule has 1 aromatic rings. The van der Waals surface area contributed by atoms with E-state index in [2.05, 4.69) is 25.7 Å². The number of rotatable bonds is 3. The zero-order chi connectivity index (χ0) is 17.1. The monoisotopic (exact) mass is 315 g/mol. The van der Waals surface area contributed by atoms with Crippen LogP contribution in [0.2, 0.25) is 0 Å². The highest BCUT2D eigenvalue weighted by Gasteiger charge is 2.67. The molecule has 23 heavy (non-hydrogen) atoms. The Labute approximate surface area is 134 Å². The van der Waals surface area contributed by atoms with Gasteiger partial charge in [0.25, 0.3) is 5.91 Å². The molecule has 122 valence electrons. The van der Waals surface area contributed by atoms with Gasteiger partial charge in [0.2, 0.25) is 0 Å². The van der Waals surface area contributed by atoms with Gasteiger partial charge in [0.05, 0.1) is 11.5 Å². The fraction of sp³-hybridized carbons (Fsp3) is 0.500. The predicted octanol–water partition coefficient (Wildman–Crippen LogP) is 2.36. The van der Waals surface area contributed by atoms with E-state index in [1.165, 1.54) is 6.07 Å². The summed E-state index contributed by atoms with van der Waals surface area (Å²) >= 11 is 0. The molecule has 1 heterocycles. The second-order valence-corrected chi connectivity index (χ2v) is 7.26. The summed E-state index contributed by atoms with van der Waals surface area (Å²) < 4.78 is 4.99. The number of aryl methyl sites for hydroxylation is 2. The Balaban J connectivity index is 1.80. The number of hydrogen-bond donors (Lipinski definition) is 1. The summed E-state index contributed by atoms with van der Waals surface area (Å²) in [6.07, 6.45) is 0.565. The number of fused-ring (bicyclic) bond motifs is 1. The van der Waals surface area contributed by atoms with Gasteiger partial charge in [0.15, 0.2) is 0 Å². The van der Waals surface area contributed by atoms with Crippen LogP contribution in [0.3, 0.4) is 0 Å². The van der Waals surface area contributed by atoms with Gasteiger partial charge >= 0.3 is 5.63 Å². The maximum Gasteiger partial charge on any atom is 0.336 e. The molecular weight excluding hydrogens is 294 g/mol. The van der Waals surface area contributed by atoms with Crippen LogP contribution in [0.15, 0.2) is 27.6 Å². The molecule has 2 saturated carbocycles. The third-order valence-electron chi connectivity index (χ3n) is 5.48. The third-order valence-corrected chi connectivity index (χ3v) is 5.48. The first-order valence-corrected chi connectivity index (χ1v) is 7.78. The molecule has 1 amide bonds. The van der Waals surface area contributed by atoms with Gasteiger partial charge in [-0.05, 0) is 36.7 Å². The SMILES string of the molecule is C=C(NC(=O)c1c(C)cc(=O)oc1C)[C@H]1C(=O)C[C@H]2[C@@H]1C2(C)C. The number of allylic oxidation sites excluding steroid dienone is 1. The van der Waals surface area contributed by atoms with Crippen LogP contribution in [0, 0.1) is 37.0 Å². The summed E-state index contributed by atoms with van der Waals surface area (Å²) in [5.74, 6) is 0.379. The Morgan fingerprint density at radius 2 is 2.00 bits per heavy atom. The molecular formula is C18H21NO4. The summed E-state index contributed by atoms with van der Waals surface area (Å²) in [7, 11) is 0. The number of ketones is 1. The number of amides is 1. The molecule has 5 nitrogen and oxygen atoms in total. The molecule has 5 heteroatoms. The molecule has 1 N–H and O–H groups in total. The van der Waals surface area contributed by atoms with Crippen molar-refractivity contribution in [2.24, 2.45) is 23.2 Å². The number of Topliss-reactive ketones (excluding diaryl/α,β-unsaturated/α-hetero) is 1. The number of carbonyl (C=O) groups is 2. The van der Waals surface area contributed by atoms with Gasteiger partial charge in [-0.1, -0.05) is 20.4 Å². The Bertz CT molecular complexity index is 760. The average Bonchev–Trinajstić information content (AvgIpc) is 2.77. The van der Waals surface area contributed by atoms with E-state index in [-0.39, 0.29) is 34.7 Å². The van der Waals surface area contributed by atoms with Crippen molar-refractivity contribution in [2.75, 3.05) is 0 Å². The first-order chi connectivity index (χ1) is 10.6. The molecule has 0 unspecified atom stereocenters. The standard InChI is InChI=1S/C18H21NO4/c1-8-6-13(21)23-10(3)14(8)17(22)19-9(2)15-12(20)7-11-16(15)18(11,4)5/h6,11,15-16H,2,7H2,1,3-5H3,(H,19,22)/t11-,15-,16-/m0/s1. The quantitative estimate of drug-likeness (QED) is 0.929. The summed E-state index contributed by atoms with van der Waals surface area (Å²) in [5, 5.41) is 2.75. The van der Waals surface area contributed by atoms with E-state index in [1.807, 2.05) is 0 Å². The van der Waals surface area contributed by atoms with Crippen LogP contribution in [-0.2, 0) is 4.79 Å². The largest absolute Gasteiger partial charge is 0.427 e. The van der Waals surface area contributed by atoms with E-state index in [9.17, 15) is 14.4 Å². The van der Waals surface area contributed by atoms with Crippen molar-refractivity contribution in [3.05, 3.63) is 45.6 Å². The molecule has 0 radical (unpaired) electrons. The Morgan fingerprint density at radius 1 is 1.35 bits per heavy atom. The number of nitrogens with one attached hydrogen (secondary N) is 1. The molecule has 3 rings (SSSR count). The summed E-state index contributed by atoms with van der Waals surface area (Å²) in [6, 6.07) is 1.28. The Hall–Kier alpha value is -2.17. The molecule has 3 atom stereocenters. The lowest BCUT2D eigenvalue weighted by atomic mass is 9.89. The van der Waals surface area contributed by atoms with Gasteiger partial charge in [0, 0.05) is 18.2 Å². The molecule has 0 bridgehead atoms. The van der Waals surface area contributed by atoms with Crippen molar-refractivity contribution < 1.29 is 14.0 Å². The highest BCUT2D eigenvalue weighted by atomic mass is 16.4. The van der Waals surface area contributed by atoms with Crippen molar-refractivity contribution in [1.82, 2.24) is 5.32 Å². The smallest absolute Gasteiger partial charge is 0.336 e. The van der Waals surface area contributed by atoms with Crippen LogP contribution in [0.1, 0.15) is 41.9 Å². The summed E-state index contributed by atoms with van der Waals surface area (Å²) in [5.41, 5.74) is 0.971. The summed E-state index contributed by atoms with van der Waals surface area (Å²) in [4.78, 5) is 36.0. The first-order valence-electron chi connectivity index (χ1n) is 7.78. The minimum absolute atomic E-state index is 0.137. The minimum Gasteiger partial charge on any atom is -0.427 e. The Kier molecular flexibility index (Phi) is 3.36. The molecule has 0 spiro atoms. The topological polar surface area (TPSA) is 76.4 Å². The maximum atomic E-state index is 12.5. The van der Waals surface area contributed by atoms with Gasteiger partial charge in [-0.2, -0.15) is 0 Å².